The van der Waals surface area contributed by atoms with Gasteiger partial charge in [-0.15, -0.1) is 0 Å². The van der Waals surface area contributed by atoms with E-state index < -0.39 is 0 Å². The van der Waals surface area contributed by atoms with Crippen LogP contribution in [0.15, 0.2) is 48.8 Å². The maximum Gasteiger partial charge on any atom is 0.187 e. The average molecular weight is 323 g/mol. The first-order valence-corrected chi connectivity index (χ1v) is 7.49. The van der Waals surface area contributed by atoms with Gasteiger partial charge in [0.1, 0.15) is 5.15 Å². The molecule has 3 rings (SSSR count). The molecule has 0 radical (unpaired) electrons. The molecule has 5 heteroatoms. The summed E-state index contributed by atoms with van der Waals surface area (Å²) in [4.78, 5) is 7.39. The first kappa shape index (κ1) is 15.1. The predicted octanol–water partition coefficient (Wildman–Crippen LogP) is 4.69. The zero-order chi connectivity index (χ0) is 16.4. The summed E-state index contributed by atoms with van der Waals surface area (Å²) in [7, 11) is 0. The van der Waals surface area contributed by atoms with Crippen molar-refractivity contribution in [2.75, 3.05) is 5.73 Å². The van der Waals surface area contributed by atoms with E-state index in [2.05, 4.69) is 33.6 Å². The summed E-state index contributed by atoms with van der Waals surface area (Å²) in [6.07, 6.45) is 3.66. The molecule has 0 bridgehead atoms. The largest absolute Gasteiger partial charge is 0.397 e. The van der Waals surface area contributed by atoms with Gasteiger partial charge < -0.3 is 10.3 Å². The SMILES string of the molecule is [C-]#[N+]c1ccc(-c2cc(C)n(Cc3cc(Cl)ncc3N)c2)cc1. The third kappa shape index (κ3) is 3.20. The van der Waals surface area contributed by atoms with Crippen LogP contribution in [-0.2, 0) is 6.54 Å². The third-order valence-electron chi connectivity index (χ3n) is 3.77. The molecule has 23 heavy (non-hydrogen) atoms. The number of hydrogen-bond acceptors (Lipinski definition) is 2. The van der Waals surface area contributed by atoms with Crippen LogP contribution < -0.4 is 5.73 Å². The number of nitrogen functional groups attached to an aromatic ring is 1. The van der Waals surface area contributed by atoms with Crippen molar-refractivity contribution in [1.29, 1.82) is 0 Å². The van der Waals surface area contributed by atoms with Gasteiger partial charge in [-0.05, 0) is 35.7 Å². The summed E-state index contributed by atoms with van der Waals surface area (Å²) < 4.78 is 2.13. The van der Waals surface area contributed by atoms with Crippen LogP contribution in [0.4, 0.5) is 11.4 Å². The van der Waals surface area contributed by atoms with Gasteiger partial charge in [-0.3, -0.25) is 0 Å². The van der Waals surface area contributed by atoms with E-state index in [0.29, 0.717) is 23.1 Å². The predicted molar refractivity (Wildman–Crippen MR) is 93.6 cm³/mol. The van der Waals surface area contributed by atoms with Gasteiger partial charge in [0, 0.05) is 18.4 Å². The van der Waals surface area contributed by atoms with E-state index in [1.54, 1.807) is 12.3 Å². The van der Waals surface area contributed by atoms with Gasteiger partial charge in [0.05, 0.1) is 18.5 Å². The Hall–Kier alpha value is -2.77. The number of anilines is 1. The molecule has 2 N–H and O–H groups in total. The fourth-order valence-electron chi connectivity index (χ4n) is 2.47. The van der Waals surface area contributed by atoms with Crippen LogP contribution in [0, 0.1) is 13.5 Å². The standard InChI is InChI=1S/C18H15ClN4/c1-12-7-14(13-3-5-16(21-2)6-4-13)10-23(12)11-15-8-18(19)22-9-17(15)20/h3-10H,11,20H2,1H3. The van der Waals surface area contributed by atoms with Crippen LogP contribution in [0.5, 0.6) is 0 Å². The summed E-state index contributed by atoms with van der Waals surface area (Å²) >= 11 is 5.95. The van der Waals surface area contributed by atoms with Crippen molar-refractivity contribution in [2.24, 2.45) is 0 Å². The van der Waals surface area contributed by atoms with Gasteiger partial charge in [-0.2, -0.15) is 0 Å². The highest BCUT2D eigenvalue weighted by molar-refractivity contribution is 6.29. The summed E-state index contributed by atoms with van der Waals surface area (Å²) in [5.41, 5.74) is 11.5. The molecule has 4 nitrogen and oxygen atoms in total. The van der Waals surface area contributed by atoms with E-state index in [0.717, 1.165) is 22.4 Å². The Bertz CT molecular complexity index is 888. The van der Waals surface area contributed by atoms with Gasteiger partial charge in [0.2, 0.25) is 0 Å². The zero-order valence-electron chi connectivity index (χ0n) is 12.6. The molecule has 0 spiro atoms. The minimum absolute atomic E-state index is 0.439. The molecule has 0 fully saturated rings. The Balaban J connectivity index is 1.91. The summed E-state index contributed by atoms with van der Waals surface area (Å²) in [5, 5.41) is 0.439. The first-order valence-electron chi connectivity index (χ1n) is 7.11. The fourth-order valence-corrected chi connectivity index (χ4v) is 2.65. The molecule has 0 aliphatic carbocycles. The van der Waals surface area contributed by atoms with Crippen molar-refractivity contribution in [2.45, 2.75) is 13.5 Å². The van der Waals surface area contributed by atoms with Gasteiger partial charge in [-0.25, -0.2) is 9.83 Å². The van der Waals surface area contributed by atoms with Crippen molar-refractivity contribution in [3.8, 4) is 11.1 Å². The molecule has 0 saturated carbocycles. The molecule has 114 valence electrons. The quantitative estimate of drug-likeness (QED) is 0.561. The lowest BCUT2D eigenvalue weighted by Crippen LogP contribution is -2.04. The summed E-state index contributed by atoms with van der Waals surface area (Å²) in [6.45, 7) is 9.70. The number of nitrogens with zero attached hydrogens (tertiary/aromatic N) is 3. The normalized spacial score (nSPS) is 10.5. The van der Waals surface area contributed by atoms with E-state index in [1.165, 1.54) is 0 Å². The summed E-state index contributed by atoms with van der Waals surface area (Å²) in [5.74, 6) is 0. The lowest BCUT2D eigenvalue weighted by atomic mass is 10.1. The molecule has 1 aromatic carbocycles. The van der Waals surface area contributed by atoms with Crippen molar-refractivity contribution in [3.05, 3.63) is 76.6 Å². The lowest BCUT2D eigenvalue weighted by Gasteiger charge is -2.09. The van der Waals surface area contributed by atoms with Crippen LogP contribution in [0.1, 0.15) is 11.3 Å². The Morgan fingerprint density at radius 1 is 1.22 bits per heavy atom. The Kier molecular flexibility index (Phi) is 4.05. The molecule has 2 aromatic heterocycles. The van der Waals surface area contributed by atoms with Crippen LogP contribution in [0.2, 0.25) is 5.15 Å². The molecule has 0 amide bonds. The lowest BCUT2D eigenvalue weighted by molar-refractivity contribution is 0.777. The number of pyridine rings is 1. The van der Waals surface area contributed by atoms with E-state index >= 15 is 0 Å². The second kappa shape index (κ2) is 6.15. The first-order chi connectivity index (χ1) is 11.1. The number of halogens is 1. The van der Waals surface area contributed by atoms with E-state index in [1.807, 2.05) is 24.3 Å². The molecule has 0 aliphatic heterocycles. The Labute approximate surface area is 140 Å². The molecule has 0 aliphatic rings. The fraction of sp³-hybridized carbons (Fsp3) is 0.111. The zero-order valence-corrected chi connectivity index (χ0v) is 13.4. The second-order valence-electron chi connectivity index (χ2n) is 5.36. The molecule has 0 atom stereocenters. The van der Waals surface area contributed by atoms with Crippen molar-refractivity contribution in [1.82, 2.24) is 9.55 Å². The van der Waals surface area contributed by atoms with Crippen LogP contribution in [0.3, 0.4) is 0 Å². The highest BCUT2D eigenvalue weighted by Crippen LogP contribution is 2.26. The molecular weight excluding hydrogens is 308 g/mol. The van der Waals surface area contributed by atoms with E-state index in [9.17, 15) is 0 Å². The summed E-state index contributed by atoms with van der Waals surface area (Å²) in [6, 6.07) is 11.5. The maximum atomic E-state index is 7.01. The van der Waals surface area contributed by atoms with Crippen LogP contribution in [-0.4, -0.2) is 9.55 Å². The Morgan fingerprint density at radius 2 is 1.96 bits per heavy atom. The number of aryl methyl sites for hydroxylation is 1. The molecule has 0 saturated heterocycles. The van der Waals surface area contributed by atoms with Crippen LogP contribution >= 0.6 is 11.6 Å². The number of benzene rings is 1. The van der Waals surface area contributed by atoms with E-state index in [4.69, 9.17) is 23.9 Å². The van der Waals surface area contributed by atoms with Gasteiger partial charge in [0.25, 0.3) is 0 Å². The molecule has 3 aromatic rings. The second-order valence-corrected chi connectivity index (χ2v) is 5.75. The minimum Gasteiger partial charge on any atom is -0.397 e. The highest BCUT2D eigenvalue weighted by Gasteiger charge is 2.08. The van der Waals surface area contributed by atoms with Crippen molar-refractivity contribution < 1.29 is 0 Å². The maximum absolute atomic E-state index is 7.01. The monoisotopic (exact) mass is 322 g/mol. The van der Waals surface area contributed by atoms with Crippen molar-refractivity contribution in [3.63, 3.8) is 0 Å². The average Bonchev–Trinajstić information content (AvgIpc) is 2.92. The van der Waals surface area contributed by atoms with Gasteiger partial charge in [-0.1, -0.05) is 35.9 Å². The third-order valence-corrected chi connectivity index (χ3v) is 3.98. The smallest absolute Gasteiger partial charge is 0.187 e. The molecule has 2 heterocycles. The topological polar surface area (TPSA) is 48.2 Å². The highest BCUT2D eigenvalue weighted by atomic mass is 35.5. The minimum atomic E-state index is 0.439. The number of aromatic nitrogens is 2. The number of nitrogens with two attached hydrogens (primary N) is 1. The van der Waals surface area contributed by atoms with Crippen LogP contribution in [0.25, 0.3) is 16.0 Å². The molecular formula is C18H15ClN4. The molecule has 0 unspecified atom stereocenters. The van der Waals surface area contributed by atoms with E-state index in [-0.39, 0.29) is 0 Å². The number of rotatable bonds is 3. The van der Waals surface area contributed by atoms with Crippen molar-refractivity contribution >= 4 is 23.0 Å². The number of hydrogen-bond donors (Lipinski definition) is 1. The van der Waals surface area contributed by atoms with Gasteiger partial charge >= 0.3 is 0 Å². The van der Waals surface area contributed by atoms with Gasteiger partial charge in [0.15, 0.2) is 5.69 Å². The Morgan fingerprint density at radius 3 is 2.65 bits per heavy atom.